The van der Waals surface area contributed by atoms with Crippen molar-refractivity contribution in [3.8, 4) is 0 Å². The monoisotopic (exact) mass is 442 g/mol. The second kappa shape index (κ2) is 13.9. The van der Waals surface area contributed by atoms with Crippen molar-refractivity contribution in [2.45, 2.75) is 30.6 Å². The molecule has 0 fully saturated rings. The first-order chi connectivity index (χ1) is 12.7. The summed E-state index contributed by atoms with van der Waals surface area (Å²) in [5, 5.41) is 25.1. The van der Waals surface area contributed by atoms with Gasteiger partial charge in [-0.05, 0) is 18.4 Å². The fraction of sp³-hybridized carbons (Fsp3) is 0.714. The topological polar surface area (TPSA) is 171 Å². The summed E-state index contributed by atoms with van der Waals surface area (Å²) in [5.74, 6) is -3.06. The maximum absolute atomic E-state index is 12.3. The van der Waals surface area contributed by atoms with Crippen LogP contribution in [0.3, 0.4) is 0 Å². The number of thioether (sulfide) groups is 1. The number of aliphatic carboxylic acids is 1. The van der Waals surface area contributed by atoms with Crippen LogP contribution in [0.25, 0.3) is 0 Å². The van der Waals surface area contributed by atoms with Crippen LogP contribution in [0, 0.1) is 0 Å². The Labute approximate surface area is 172 Å². The van der Waals surface area contributed by atoms with E-state index in [9.17, 15) is 24.3 Å². The van der Waals surface area contributed by atoms with E-state index in [2.05, 4.69) is 41.2 Å². The Bertz CT molecular complexity index is 525. The van der Waals surface area contributed by atoms with Gasteiger partial charge in [0.1, 0.15) is 18.1 Å². The lowest BCUT2D eigenvalue weighted by molar-refractivity contribution is -0.141. The van der Waals surface area contributed by atoms with E-state index in [1.54, 1.807) is 0 Å². The first-order valence-corrected chi connectivity index (χ1v) is 10.6. The Balaban J connectivity index is 4.83. The van der Waals surface area contributed by atoms with Crippen LogP contribution in [0.15, 0.2) is 0 Å². The van der Waals surface area contributed by atoms with E-state index in [1.807, 2.05) is 6.26 Å². The van der Waals surface area contributed by atoms with Crippen LogP contribution >= 0.6 is 37.0 Å². The van der Waals surface area contributed by atoms with E-state index < -0.39 is 54.5 Å². The van der Waals surface area contributed by atoms with Gasteiger partial charge in [-0.2, -0.15) is 37.0 Å². The van der Waals surface area contributed by atoms with Crippen molar-refractivity contribution in [3.63, 3.8) is 0 Å². The molecule has 0 aromatic heterocycles. The fourth-order valence-electron chi connectivity index (χ4n) is 1.77. The number of thiol groups is 2. The van der Waals surface area contributed by atoms with Gasteiger partial charge in [-0.15, -0.1) is 0 Å². The summed E-state index contributed by atoms with van der Waals surface area (Å²) < 4.78 is 0. The van der Waals surface area contributed by atoms with Crippen molar-refractivity contribution >= 4 is 60.7 Å². The second-order valence-corrected chi connectivity index (χ2v) is 7.17. The minimum Gasteiger partial charge on any atom is -0.480 e. The minimum absolute atomic E-state index is 0.0685. The summed E-state index contributed by atoms with van der Waals surface area (Å²) in [6.07, 6.45) is 2.30. The summed E-state index contributed by atoms with van der Waals surface area (Å²) in [6.45, 7) is -0.767. The quantitative estimate of drug-likeness (QED) is 0.144. The fourth-order valence-corrected chi connectivity index (χ4v) is 2.77. The standard InChI is InChI=1S/C14H26N4O6S3/c1-27-3-2-7(15)11(20)17-9(5-25)13(22)16-8(4-19)12(21)18-10(6-26)14(23)24/h7-10,19,25-26H,2-6,15H2,1H3,(H,16,22)(H,17,20)(H,18,21)(H,23,24). The van der Waals surface area contributed by atoms with Crippen LogP contribution in [0.2, 0.25) is 0 Å². The van der Waals surface area contributed by atoms with E-state index >= 15 is 0 Å². The van der Waals surface area contributed by atoms with Gasteiger partial charge in [0.2, 0.25) is 17.7 Å². The molecule has 0 saturated heterocycles. The van der Waals surface area contributed by atoms with Crippen LogP contribution in [0.4, 0.5) is 0 Å². The number of rotatable bonds is 13. The van der Waals surface area contributed by atoms with Gasteiger partial charge in [0, 0.05) is 11.5 Å². The number of amides is 3. The van der Waals surface area contributed by atoms with E-state index in [0.29, 0.717) is 12.2 Å². The summed E-state index contributed by atoms with van der Waals surface area (Å²) in [5.41, 5.74) is 5.73. The minimum atomic E-state index is -1.40. The van der Waals surface area contributed by atoms with Gasteiger partial charge in [0.05, 0.1) is 12.6 Å². The molecule has 0 bridgehead atoms. The third-order valence-electron chi connectivity index (χ3n) is 3.40. The predicted octanol–water partition coefficient (Wildman–Crippen LogP) is -2.54. The normalized spacial score (nSPS) is 15.1. The highest BCUT2D eigenvalue weighted by Gasteiger charge is 2.29. The molecule has 27 heavy (non-hydrogen) atoms. The smallest absolute Gasteiger partial charge is 0.327 e. The van der Waals surface area contributed by atoms with Crippen molar-refractivity contribution < 1.29 is 29.4 Å². The van der Waals surface area contributed by atoms with Crippen molar-refractivity contribution in [2.24, 2.45) is 5.73 Å². The molecule has 0 rings (SSSR count). The zero-order chi connectivity index (χ0) is 21.0. The zero-order valence-electron chi connectivity index (χ0n) is 14.8. The number of carboxylic acids is 1. The zero-order valence-corrected chi connectivity index (χ0v) is 17.4. The average molecular weight is 443 g/mol. The maximum Gasteiger partial charge on any atom is 0.327 e. The predicted molar refractivity (Wildman–Crippen MR) is 109 cm³/mol. The number of carbonyl (C=O) groups excluding carboxylic acids is 3. The third-order valence-corrected chi connectivity index (χ3v) is 4.77. The van der Waals surface area contributed by atoms with Crippen molar-refractivity contribution in [3.05, 3.63) is 0 Å². The number of nitrogens with one attached hydrogen (secondary N) is 3. The second-order valence-electron chi connectivity index (χ2n) is 5.46. The van der Waals surface area contributed by atoms with Gasteiger partial charge in [-0.25, -0.2) is 4.79 Å². The lowest BCUT2D eigenvalue weighted by atomic mass is 10.2. The highest BCUT2D eigenvalue weighted by Crippen LogP contribution is 2.00. The Kier molecular flexibility index (Phi) is 13.3. The summed E-state index contributed by atoms with van der Waals surface area (Å²) in [6, 6.07) is -4.55. The van der Waals surface area contributed by atoms with Gasteiger partial charge < -0.3 is 31.9 Å². The van der Waals surface area contributed by atoms with Gasteiger partial charge in [-0.1, -0.05) is 0 Å². The van der Waals surface area contributed by atoms with E-state index in [0.717, 1.165) is 0 Å². The molecule has 10 nitrogen and oxygen atoms in total. The number of aliphatic hydroxyl groups excluding tert-OH is 1. The Morgan fingerprint density at radius 1 is 0.963 bits per heavy atom. The molecular weight excluding hydrogens is 416 g/mol. The van der Waals surface area contributed by atoms with Crippen LogP contribution < -0.4 is 21.7 Å². The molecule has 0 saturated carbocycles. The molecule has 0 aliphatic heterocycles. The lowest BCUT2D eigenvalue weighted by Crippen LogP contribution is -2.58. The Hall–Kier alpha value is -1.15. The SMILES string of the molecule is CSCCC(N)C(=O)NC(CS)C(=O)NC(CO)C(=O)NC(CS)C(=O)O. The number of aliphatic hydroxyl groups is 1. The highest BCUT2D eigenvalue weighted by atomic mass is 32.2. The molecule has 0 radical (unpaired) electrons. The molecule has 0 aromatic rings. The molecule has 0 aliphatic rings. The van der Waals surface area contributed by atoms with Crippen molar-refractivity contribution in [1.82, 2.24) is 16.0 Å². The van der Waals surface area contributed by atoms with Gasteiger partial charge in [0.25, 0.3) is 0 Å². The van der Waals surface area contributed by atoms with E-state index in [1.165, 1.54) is 11.8 Å². The van der Waals surface area contributed by atoms with Gasteiger partial charge in [0.15, 0.2) is 0 Å². The molecule has 7 N–H and O–H groups in total. The van der Waals surface area contributed by atoms with Crippen LogP contribution in [-0.2, 0) is 19.2 Å². The Morgan fingerprint density at radius 3 is 1.89 bits per heavy atom. The third kappa shape index (κ3) is 9.55. The van der Waals surface area contributed by atoms with E-state index in [-0.39, 0.29) is 11.5 Å². The molecular formula is C14H26N4O6S3. The van der Waals surface area contributed by atoms with Crippen LogP contribution in [0.1, 0.15) is 6.42 Å². The number of nitrogens with two attached hydrogens (primary N) is 1. The van der Waals surface area contributed by atoms with Crippen molar-refractivity contribution in [2.75, 3.05) is 30.1 Å². The molecule has 13 heteroatoms. The first-order valence-electron chi connectivity index (χ1n) is 7.92. The number of hydrogen-bond acceptors (Lipinski definition) is 9. The number of carboxylic acid groups (broad SMARTS) is 1. The van der Waals surface area contributed by atoms with Crippen LogP contribution in [0.5, 0.6) is 0 Å². The largest absolute Gasteiger partial charge is 0.480 e. The molecule has 156 valence electrons. The van der Waals surface area contributed by atoms with Crippen molar-refractivity contribution in [1.29, 1.82) is 0 Å². The lowest BCUT2D eigenvalue weighted by Gasteiger charge is -2.23. The molecule has 0 aromatic carbocycles. The number of carbonyl (C=O) groups is 4. The molecule has 0 aliphatic carbocycles. The molecule has 0 spiro atoms. The van der Waals surface area contributed by atoms with Crippen LogP contribution in [-0.4, -0.2) is 88.2 Å². The highest BCUT2D eigenvalue weighted by molar-refractivity contribution is 7.98. The van der Waals surface area contributed by atoms with Gasteiger partial charge >= 0.3 is 5.97 Å². The molecule has 4 atom stereocenters. The van der Waals surface area contributed by atoms with Gasteiger partial charge in [-0.3, -0.25) is 14.4 Å². The summed E-state index contributed by atoms with van der Waals surface area (Å²) >= 11 is 9.34. The summed E-state index contributed by atoms with van der Waals surface area (Å²) in [4.78, 5) is 47.2. The number of hydrogen-bond donors (Lipinski definition) is 8. The van der Waals surface area contributed by atoms with E-state index in [4.69, 9.17) is 10.8 Å². The molecule has 4 unspecified atom stereocenters. The average Bonchev–Trinajstić information content (AvgIpc) is 2.65. The molecule has 0 heterocycles. The molecule has 3 amide bonds. The summed E-state index contributed by atoms with van der Waals surface area (Å²) in [7, 11) is 0. The Morgan fingerprint density at radius 2 is 1.44 bits per heavy atom. The first kappa shape index (κ1) is 25.9. The maximum atomic E-state index is 12.3.